The molecule has 74 valence electrons. The molecule has 2 aliphatic heterocycles. The van der Waals surface area contributed by atoms with Gasteiger partial charge in [-0.3, -0.25) is 4.99 Å². The first-order valence-corrected chi connectivity index (χ1v) is 6.35. The smallest absolute Gasteiger partial charge is 0.138 e. The zero-order valence-electron chi connectivity index (χ0n) is 7.59. The Morgan fingerprint density at radius 2 is 2.27 bits per heavy atom. The molecule has 5 heteroatoms. The van der Waals surface area contributed by atoms with Crippen LogP contribution >= 0.6 is 34.4 Å². The van der Waals surface area contributed by atoms with E-state index in [0.29, 0.717) is 0 Å². The molecule has 0 saturated carbocycles. The average molecular weight is 327 g/mol. The highest BCUT2D eigenvalue weighted by Gasteiger charge is 2.28. The van der Waals surface area contributed by atoms with Gasteiger partial charge in [0.05, 0.1) is 6.21 Å². The quantitative estimate of drug-likeness (QED) is 0.731. The zero-order valence-corrected chi connectivity index (χ0v) is 10.6. The number of aliphatic imine (C=N–C) groups is 1. The third-order valence-corrected chi connectivity index (χ3v) is 3.88. The number of nitrogens with zero attached hydrogens (tertiary/aromatic N) is 3. The molecule has 1 unspecified atom stereocenters. The molecule has 1 aromatic rings. The van der Waals surface area contributed by atoms with Gasteiger partial charge in [0.15, 0.2) is 0 Å². The number of benzene rings is 1. The summed E-state index contributed by atoms with van der Waals surface area (Å²) in [7, 11) is 0. The lowest BCUT2D eigenvalue weighted by Gasteiger charge is -1.99. The summed E-state index contributed by atoms with van der Waals surface area (Å²) in [5.41, 5.74) is 1.16. The summed E-state index contributed by atoms with van der Waals surface area (Å²) < 4.78 is 1.22. The van der Waals surface area contributed by atoms with Crippen molar-refractivity contribution in [3.8, 4) is 0 Å². The fourth-order valence-electron chi connectivity index (χ4n) is 1.45. The number of fused-ring (bicyclic) bond motifs is 1. The topological polar surface area (TPSA) is 37.1 Å². The average Bonchev–Trinajstić information content (AvgIpc) is 2.76. The molecule has 0 radical (unpaired) electrons. The van der Waals surface area contributed by atoms with Gasteiger partial charge in [0, 0.05) is 9.13 Å². The van der Waals surface area contributed by atoms with E-state index in [0.717, 1.165) is 15.7 Å². The second kappa shape index (κ2) is 3.71. The Bertz CT molecular complexity index is 507. The van der Waals surface area contributed by atoms with Gasteiger partial charge in [0.25, 0.3) is 0 Å². The molecule has 2 aliphatic rings. The van der Waals surface area contributed by atoms with Crippen LogP contribution in [0.25, 0.3) is 0 Å². The van der Waals surface area contributed by atoms with Crippen LogP contribution in [0.5, 0.6) is 0 Å². The van der Waals surface area contributed by atoms with Gasteiger partial charge in [-0.1, -0.05) is 12.1 Å². The standard InChI is InChI=1S/C10H6IN3S/c11-7-3-1-2-6(4-7)9-13-8-5-12-14-10(8)15-9/h1-5,8H. The van der Waals surface area contributed by atoms with Crippen molar-refractivity contribution < 1.29 is 0 Å². The molecule has 2 heterocycles. The Morgan fingerprint density at radius 3 is 3.07 bits per heavy atom. The SMILES string of the molecule is Ic1cccc(C2=NC3C=NN=C3S2)c1. The summed E-state index contributed by atoms with van der Waals surface area (Å²) >= 11 is 3.92. The van der Waals surface area contributed by atoms with E-state index < -0.39 is 0 Å². The number of thioether (sulfide) groups is 1. The Kier molecular flexibility index (Phi) is 2.36. The van der Waals surface area contributed by atoms with Crippen molar-refractivity contribution in [2.24, 2.45) is 15.2 Å². The van der Waals surface area contributed by atoms with Gasteiger partial charge >= 0.3 is 0 Å². The van der Waals surface area contributed by atoms with E-state index in [1.54, 1.807) is 18.0 Å². The van der Waals surface area contributed by atoms with Gasteiger partial charge in [-0.2, -0.15) is 5.10 Å². The predicted molar refractivity (Wildman–Crippen MR) is 73.0 cm³/mol. The van der Waals surface area contributed by atoms with Crippen LogP contribution in [-0.4, -0.2) is 22.3 Å². The predicted octanol–water partition coefficient (Wildman–Crippen LogP) is 2.55. The third kappa shape index (κ3) is 1.74. The van der Waals surface area contributed by atoms with Gasteiger partial charge in [-0.05, 0) is 46.5 Å². The normalized spacial score (nSPS) is 22.6. The Hall–Kier alpha value is -0.690. The first-order valence-electron chi connectivity index (χ1n) is 4.45. The van der Waals surface area contributed by atoms with Gasteiger partial charge in [-0.25, -0.2) is 0 Å². The van der Waals surface area contributed by atoms with Crippen molar-refractivity contribution in [2.75, 3.05) is 0 Å². The molecule has 3 rings (SSSR count). The molecule has 0 spiro atoms. The monoisotopic (exact) mass is 327 g/mol. The van der Waals surface area contributed by atoms with Gasteiger partial charge in [0.2, 0.25) is 0 Å². The summed E-state index contributed by atoms with van der Waals surface area (Å²) in [5, 5.41) is 9.91. The van der Waals surface area contributed by atoms with E-state index in [1.165, 1.54) is 3.57 Å². The van der Waals surface area contributed by atoms with Crippen molar-refractivity contribution in [3.63, 3.8) is 0 Å². The second-order valence-corrected chi connectivity index (χ2v) is 5.45. The van der Waals surface area contributed by atoms with E-state index in [1.807, 2.05) is 6.07 Å². The summed E-state index contributed by atoms with van der Waals surface area (Å²) in [6, 6.07) is 8.40. The van der Waals surface area contributed by atoms with Crippen LogP contribution in [0.3, 0.4) is 0 Å². The minimum absolute atomic E-state index is 0.0721. The first kappa shape index (κ1) is 9.53. The highest BCUT2D eigenvalue weighted by atomic mass is 127. The van der Waals surface area contributed by atoms with Crippen LogP contribution in [0.4, 0.5) is 0 Å². The van der Waals surface area contributed by atoms with E-state index >= 15 is 0 Å². The van der Waals surface area contributed by atoms with Crippen molar-refractivity contribution in [1.82, 2.24) is 0 Å². The molecule has 15 heavy (non-hydrogen) atoms. The molecule has 0 aromatic heterocycles. The molecule has 0 aliphatic carbocycles. The van der Waals surface area contributed by atoms with Crippen LogP contribution in [0.15, 0.2) is 39.5 Å². The lowest BCUT2D eigenvalue weighted by molar-refractivity contribution is 1.22. The number of hydrogen-bond donors (Lipinski definition) is 0. The minimum Gasteiger partial charge on any atom is -0.261 e. The lowest BCUT2D eigenvalue weighted by atomic mass is 10.2. The summed E-state index contributed by atoms with van der Waals surface area (Å²) in [5.74, 6) is 0. The molecule has 0 fully saturated rings. The third-order valence-electron chi connectivity index (χ3n) is 2.15. The fraction of sp³-hybridized carbons (Fsp3) is 0.100. The molecule has 0 N–H and O–H groups in total. The van der Waals surface area contributed by atoms with Crippen LogP contribution in [0, 0.1) is 3.57 Å². The zero-order chi connectivity index (χ0) is 10.3. The van der Waals surface area contributed by atoms with Crippen LogP contribution in [0.2, 0.25) is 0 Å². The highest BCUT2D eigenvalue weighted by Crippen LogP contribution is 2.28. The number of halogens is 1. The largest absolute Gasteiger partial charge is 0.261 e. The Balaban J connectivity index is 1.97. The van der Waals surface area contributed by atoms with Crippen molar-refractivity contribution in [2.45, 2.75) is 6.04 Å². The minimum atomic E-state index is 0.0721. The summed E-state index contributed by atoms with van der Waals surface area (Å²) in [6.07, 6.45) is 1.78. The van der Waals surface area contributed by atoms with Gasteiger partial charge < -0.3 is 0 Å². The lowest BCUT2D eigenvalue weighted by Crippen LogP contribution is -2.06. The van der Waals surface area contributed by atoms with E-state index in [9.17, 15) is 0 Å². The maximum atomic E-state index is 4.56. The highest BCUT2D eigenvalue weighted by molar-refractivity contribution is 14.1. The molecular formula is C10H6IN3S. The molecule has 0 saturated heterocycles. The molecular weight excluding hydrogens is 321 g/mol. The second-order valence-electron chi connectivity index (χ2n) is 3.19. The molecule has 3 nitrogen and oxygen atoms in total. The molecule has 1 atom stereocenters. The maximum Gasteiger partial charge on any atom is 0.138 e. The summed E-state index contributed by atoms with van der Waals surface area (Å²) in [6.45, 7) is 0. The first-order chi connectivity index (χ1) is 7.33. The van der Waals surface area contributed by atoms with E-state index in [-0.39, 0.29) is 6.04 Å². The molecule has 1 aromatic carbocycles. The molecule has 0 bridgehead atoms. The van der Waals surface area contributed by atoms with Crippen LogP contribution in [-0.2, 0) is 0 Å². The maximum absolute atomic E-state index is 4.56. The van der Waals surface area contributed by atoms with Crippen LogP contribution < -0.4 is 0 Å². The molecule has 0 amide bonds. The van der Waals surface area contributed by atoms with Crippen LogP contribution in [0.1, 0.15) is 5.56 Å². The Morgan fingerprint density at radius 1 is 1.33 bits per heavy atom. The Labute approximate surface area is 105 Å². The van der Waals surface area contributed by atoms with E-state index in [4.69, 9.17) is 0 Å². The van der Waals surface area contributed by atoms with Crippen molar-refractivity contribution >= 4 is 50.7 Å². The summed E-state index contributed by atoms with van der Waals surface area (Å²) in [4.78, 5) is 4.56. The van der Waals surface area contributed by atoms with Crippen molar-refractivity contribution in [3.05, 3.63) is 33.4 Å². The number of hydrogen-bond acceptors (Lipinski definition) is 4. The number of rotatable bonds is 1. The van der Waals surface area contributed by atoms with Gasteiger partial charge in [-0.15, -0.1) is 5.10 Å². The van der Waals surface area contributed by atoms with E-state index in [2.05, 4.69) is 56.0 Å². The fourth-order valence-corrected chi connectivity index (χ4v) is 2.93. The van der Waals surface area contributed by atoms with Crippen molar-refractivity contribution in [1.29, 1.82) is 0 Å². The van der Waals surface area contributed by atoms with Gasteiger partial charge in [0.1, 0.15) is 16.1 Å².